The Kier molecular flexibility index (Phi) is 11.9. The number of amides is 1. The zero-order valence-corrected chi connectivity index (χ0v) is 20.7. The zero-order chi connectivity index (χ0) is 19.6. The van der Waals surface area contributed by atoms with E-state index in [-0.39, 0.29) is 29.9 Å². The van der Waals surface area contributed by atoms with E-state index < -0.39 is 0 Å². The standard InChI is InChI=1S/C21H34N4OS.HI/c1-5-22-21(24-18-12-13-19(14-18)27-4)23-15-16-8-10-17(11-9-16)20(26)25(6-2)7-3;/h8-11,18-19H,5-7,12-15H2,1-4H3,(H2,22,23,24);1H. The van der Waals surface area contributed by atoms with E-state index in [9.17, 15) is 4.79 Å². The molecule has 0 bridgehead atoms. The molecule has 0 radical (unpaired) electrons. The first-order valence-electron chi connectivity index (χ1n) is 10.1. The number of rotatable bonds is 8. The lowest BCUT2D eigenvalue weighted by molar-refractivity contribution is 0.0773. The minimum Gasteiger partial charge on any atom is -0.357 e. The second-order valence-corrected chi connectivity index (χ2v) is 8.02. The highest BCUT2D eigenvalue weighted by Crippen LogP contribution is 2.28. The summed E-state index contributed by atoms with van der Waals surface area (Å²) in [6.45, 7) is 9.02. The van der Waals surface area contributed by atoms with Crippen LogP contribution in [0.4, 0.5) is 0 Å². The van der Waals surface area contributed by atoms with E-state index in [4.69, 9.17) is 4.99 Å². The molecule has 0 heterocycles. The van der Waals surface area contributed by atoms with Gasteiger partial charge in [-0.1, -0.05) is 12.1 Å². The van der Waals surface area contributed by atoms with Crippen LogP contribution in [0.5, 0.6) is 0 Å². The third-order valence-electron chi connectivity index (χ3n) is 5.07. The van der Waals surface area contributed by atoms with E-state index >= 15 is 0 Å². The lowest BCUT2D eigenvalue weighted by Gasteiger charge is -2.18. The molecule has 158 valence electrons. The fourth-order valence-electron chi connectivity index (χ4n) is 3.42. The molecule has 5 nitrogen and oxygen atoms in total. The number of nitrogens with zero attached hydrogens (tertiary/aromatic N) is 2. The smallest absolute Gasteiger partial charge is 0.253 e. The molecule has 2 rings (SSSR count). The van der Waals surface area contributed by atoms with Crippen LogP contribution in [-0.4, -0.2) is 53.9 Å². The van der Waals surface area contributed by atoms with Crippen molar-refractivity contribution in [3.63, 3.8) is 0 Å². The van der Waals surface area contributed by atoms with E-state index in [0.717, 1.165) is 42.0 Å². The van der Waals surface area contributed by atoms with Gasteiger partial charge in [0.2, 0.25) is 0 Å². The Morgan fingerprint density at radius 2 is 1.86 bits per heavy atom. The SMILES string of the molecule is CCNC(=NCc1ccc(C(=O)N(CC)CC)cc1)NC1CCC(SC)C1.I. The number of aliphatic imine (C=N–C) groups is 1. The molecule has 1 amide bonds. The van der Waals surface area contributed by atoms with Gasteiger partial charge >= 0.3 is 0 Å². The Labute approximate surface area is 191 Å². The molecule has 2 unspecified atom stereocenters. The molecule has 1 aromatic rings. The number of nitrogens with one attached hydrogen (secondary N) is 2. The second-order valence-electron chi connectivity index (χ2n) is 6.88. The largest absolute Gasteiger partial charge is 0.357 e. The summed E-state index contributed by atoms with van der Waals surface area (Å²) in [5, 5.41) is 7.68. The maximum absolute atomic E-state index is 12.4. The van der Waals surface area contributed by atoms with Crippen molar-refractivity contribution in [3.8, 4) is 0 Å². The predicted molar refractivity (Wildman–Crippen MR) is 132 cm³/mol. The van der Waals surface area contributed by atoms with Gasteiger partial charge < -0.3 is 15.5 Å². The monoisotopic (exact) mass is 518 g/mol. The van der Waals surface area contributed by atoms with Crippen LogP contribution in [0.3, 0.4) is 0 Å². The lowest BCUT2D eigenvalue weighted by Crippen LogP contribution is -2.42. The molecule has 0 aromatic heterocycles. The molecular formula is C21H35IN4OS. The molecule has 1 aliphatic carbocycles. The molecule has 2 N–H and O–H groups in total. The van der Waals surface area contributed by atoms with Crippen LogP contribution >= 0.6 is 35.7 Å². The van der Waals surface area contributed by atoms with Crippen molar-refractivity contribution < 1.29 is 4.79 Å². The number of halogens is 1. The van der Waals surface area contributed by atoms with Gasteiger partial charge in [0.15, 0.2) is 5.96 Å². The maximum Gasteiger partial charge on any atom is 0.253 e. The number of guanidine groups is 1. The van der Waals surface area contributed by atoms with Crippen molar-refractivity contribution in [1.29, 1.82) is 0 Å². The molecule has 0 aliphatic heterocycles. The molecule has 1 aromatic carbocycles. The fraction of sp³-hybridized carbons (Fsp3) is 0.619. The minimum absolute atomic E-state index is 0. The van der Waals surface area contributed by atoms with Crippen molar-refractivity contribution in [1.82, 2.24) is 15.5 Å². The van der Waals surface area contributed by atoms with Crippen LogP contribution < -0.4 is 10.6 Å². The molecule has 28 heavy (non-hydrogen) atoms. The number of hydrogen-bond donors (Lipinski definition) is 2. The summed E-state index contributed by atoms with van der Waals surface area (Å²) in [5.41, 5.74) is 1.85. The van der Waals surface area contributed by atoms with Gasteiger partial charge in [-0.3, -0.25) is 4.79 Å². The summed E-state index contributed by atoms with van der Waals surface area (Å²) in [6.07, 6.45) is 5.88. The van der Waals surface area contributed by atoms with Gasteiger partial charge in [-0.2, -0.15) is 11.8 Å². The number of hydrogen-bond acceptors (Lipinski definition) is 3. The van der Waals surface area contributed by atoms with Crippen molar-refractivity contribution in [3.05, 3.63) is 35.4 Å². The van der Waals surface area contributed by atoms with E-state index in [1.165, 1.54) is 19.3 Å². The number of benzene rings is 1. The summed E-state index contributed by atoms with van der Waals surface area (Å²) in [6, 6.07) is 8.33. The summed E-state index contributed by atoms with van der Waals surface area (Å²) >= 11 is 1.96. The van der Waals surface area contributed by atoms with Crippen LogP contribution in [0.15, 0.2) is 29.3 Å². The Bertz CT molecular complexity index is 619. The van der Waals surface area contributed by atoms with Crippen LogP contribution in [0.2, 0.25) is 0 Å². The van der Waals surface area contributed by atoms with Gasteiger partial charge in [-0.15, -0.1) is 24.0 Å². The Morgan fingerprint density at radius 3 is 2.39 bits per heavy atom. The zero-order valence-electron chi connectivity index (χ0n) is 17.5. The molecule has 1 saturated carbocycles. The van der Waals surface area contributed by atoms with Crippen molar-refractivity contribution in [2.45, 2.75) is 57.9 Å². The summed E-state index contributed by atoms with van der Waals surface area (Å²) in [7, 11) is 0. The van der Waals surface area contributed by atoms with Gasteiger partial charge in [0.05, 0.1) is 6.54 Å². The average molecular weight is 519 g/mol. The van der Waals surface area contributed by atoms with Crippen molar-refractivity contribution in [2.24, 2.45) is 4.99 Å². The normalized spacial score (nSPS) is 19.1. The van der Waals surface area contributed by atoms with Crippen molar-refractivity contribution >= 4 is 47.6 Å². The summed E-state index contributed by atoms with van der Waals surface area (Å²) in [5.74, 6) is 0.974. The highest BCUT2D eigenvalue weighted by atomic mass is 127. The van der Waals surface area contributed by atoms with E-state index in [1.54, 1.807) is 0 Å². The van der Waals surface area contributed by atoms with Gasteiger partial charge in [0, 0.05) is 36.5 Å². The summed E-state index contributed by atoms with van der Waals surface area (Å²) < 4.78 is 0. The number of carbonyl (C=O) groups excluding carboxylic acids is 1. The van der Waals surface area contributed by atoms with Crippen LogP contribution in [-0.2, 0) is 6.54 Å². The van der Waals surface area contributed by atoms with Gasteiger partial charge in [-0.05, 0) is 64.0 Å². The Hall–Kier alpha value is -0.960. The predicted octanol–water partition coefficient (Wildman–Crippen LogP) is 4.13. The average Bonchev–Trinajstić information content (AvgIpc) is 3.15. The number of thioether (sulfide) groups is 1. The first-order valence-corrected chi connectivity index (χ1v) is 11.4. The molecule has 0 saturated heterocycles. The molecular weight excluding hydrogens is 483 g/mol. The Morgan fingerprint density at radius 1 is 1.18 bits per heavy atom. The molecule has 7 heteroatoms. The van der Waals surface area contributed by atoms with Crippen LogP contribution in [0, 0.1) is 0 Å². The highest BCUT2D eigenvalue weighted by molar-refractivity contribution is 14.0. The van der Waals surface area contributed by atoms with Gasteiger partial charge in [0.25, 0.3) is 5.91 Å². The van der Waals surface area contributed by atoms with Gasteiger partial charge in [0.1, 0.15) is 0 Å². The topological polar surface area (TPSA) is 56.7 Å². The fourth-order valence-corrected chi connectivity index (χ4v) is 4.21. The maximum atomic E-state index is 12.4. The lowest BCUT2D eigenvalue weighted by atomic mass is 10.1. The quantitative estimate of drug-likeness (QED) is 0.309. The minimum atomic E-state index is 0. The summed E-state index contributed by atoms with van der Waals surface area (Å²) in [4.78, 5) is 19.0. The number of carbonyl (C=O) groups is 1. The molecule has 2 atom stereocenters. The van der Waals surface area contributed by atoms with Gasteiger partial charge in [-0.25, -0.2) is 4.99 Å². The molecule has 0 spiro atoms. The first-order chi connectivity index (χ1) is 13.1. The van der Waals surface area contributed by atoms with Crippen LogP contribution in [0.1, 0.15) is 56.0 Å². The first kappa shape index (κ1) is 25.1. The van der Waals surface area contributed by atoms with Crippen LogP contribution in [0.25, 0.3) is 0 Å². The third-order valence-corrected chi connectivity index (χ3v) is 6.17. The Balaban J connectivity index is 0.00000392. The second kappa shape index (κ2) is 13.3. The van der Waals surface area contributed by atoms with E-state index in [2.05, 4.69) is 23.8 Å². The van der Waals surface area contributed by atoms with E-state index in [0.29, 0.717) is 12.6 Å². The highest BCUT2D eigenvalue weighted by Gasteiger charge is 2.24. The molecule has 1 fully saturated rings. The van der Waals surface area contributed by atoms with E-state index in [1.807, 2.05) is 54.8 Å². The third kappa shape index (κ3) is 7.46. The van der Waals surface area contributed by atoms with Crippen molar-refractivity contribution in [2.75, 3.05) is 25.9 Å². The molecule has 1 aliphatic rings.